The van der Waals surface area contributed by atoms with Crippen molar-refractivity contribution in [2.45, 2.75) is 38.8 Å². The van der Waals surface area contributed by atoms with Gasteiger partial charge in [-0.2, -0.15) is 0 Å². The Hall–Kier alpha value is -1.58. The van der Waals surface area contributed by atoms with E-state index in [1.807, 2.05) is 6.07 Å². The Morgan fingerprint density at radius 3 is 2.89 bits per heavy atom. The SMILES string of the molecule is CCCC1CC1NC(=NC)NCc1ccccc1F. The van der Waals surface area contributed by atoms with Crippen molar-refractivity contribution in [3.05, 3.63) is 35.6 Å². The third kappa shape index (κ3) is 3.94. The van der Waals surface area contributed by atoms with Crippen LogP contribution in [0.4, 0.5) is 4.39 Å². The maximum atomic E-state index is 13.5. The molecule has 4 heteroatoms. The third-order valence-corrected chi connectivity index (χ3v) is 3.53. The van der Waals surface area contributed by atoms with E-state index in [4.69, 9.17) is 0 Å². The van der Waals surface area contributed by atoms with Gasteiger partial charge in [0.05, 0.1) is 0 Å². The van der Waals surface area contributed by atoms with Gasteiger partial charge >= 0.3 is 0 Å². The summed E-state index contributed by atoms with van der Waals surface area (Å²) in [7, 11) is 1.74. The predicted octanol–water partition coefficient (Wildman–Crippen LogP) is 2.68. The summed E-state index contributed by atoms with van der Waals surface area (Å²) >= 11 is 0. The van der Waals surface area contributed by atoms with Crippen LogP contribution in [0, 0.1) is 11.7 Å². The molecular weight excluding hydrogens is 241 g/mol. The van der Waals surface area contributed by atoms with Gasteiger partial charge in [-0.05, 0) is 24.8 Å². The lowest BCUT2D eigenvalue weighted by molar-refractivity contribution is 0.603. The molecular formula is C15H22FN3. The molecule has 0 saturated heterocycles. The third-order valence-electron chi connectivity index (χ3n) is 3.53. The lowest BCUT2D eigenvalue weighted by Crippen LogP contribution is -2.38. The first-order valence-corrected chi connectivity index (χ1v) is 6.95. The Morgan fingerprint density at radius 2 is 2.21 bits per heavy atom. The van der Waals surface area contributed by atoms with Gasteiger partial charge in [-0.1, -0.05) is 31.5 Å². The molecule has 1 saturated carbocycles. The number of benzene rings is 1. The Kier molecular flexibility index (Phi) is 4.77. The van der Waals surface area contributed by atoms with Crippen molar-refractivity contribution in [3.8, 4) is 0 Å². The van der Waals surface area contributed by atoms with E-state index in [9.17, 15) is 4.39 Å². The minimum atomic E-state index is -0.180. The minimum Gasteiger partial charge on any atom is -0.353 e. The van der Waals surface area contributed by atoms with Crippen molar-refractivity contribution in [2.75, 3.05) is 7.05 Å². The van der Waals surface area contributed by atoms with Crippen molar-refractivity contribution in [2.24, 2.45) is 10.9 Å². The van der Waals surface area contributed by atoms with E-state index in [2.05, 4.69) is 22.5 Å². The molecule has 19 heavy (non-hydrogen) atoms. The van der Waals surface area contributed by atoms with E-state index in [1.165, 1.54) is 25.3 Å². The summed E-state index contributed by atoms with van der Waals surface area (Å²) < 4.78 is 13.5. The lowest BCUT2D eigenvalue weighted by Gasteiger charge is -2.12. The highest BCUT2D eigenvalue weighted by atomic mass is 19.1. The van der Waals surface area contributed by atoms with Gasteiger partial charge in [-0.3, -0.25) is 4.99 Å². The number of nitrogens with one attached hydrogen (secondary N) is 2. The van der Waals surface area contributed by atoms with Crippen LogP contribution in [0.5, 0.6) is 0 Å². The normalized spacial score (nSPS) is 22.2. The molecule has 0 spiro atoms. The monoisotopic (exact) mass is 263 g/mol. The highest BCUT2D eigenvalue weighted by molar-refractivity contribution is 5.80. The van der Waals surface area contributed by atoms with Crippen LogP contribution in [0.15, 0.2) is 29.3 Å². The fourth-order valence-corrected chi connectivity index (χ4v) is 2.31. The van der Waals surface area contributed by atoms with E-state index in [1.54, 1.807) is 19.2 Å². The summed E-state index contributed by atoms with van der Waals surface area (Å²) in [6.45, 7) is 2.66. The Bertz CT molecular complexity index is 445. The molecule has 1 aromatic carbocycles. The van der Waals surface area contributed by atoms with Gasteiger partial charge in [0.2, 0.25) is 0 Å². The Labute approximate surface area is 114 Å². The maximum Gasteiger partial charge on any atom is 0.191 e. The van der Waals surface area contributed by atoms with E-state index in [0.717, 1.165) is 11.9 Å². The molecule has 3 nitrogen and oxygen atoms in total. The summed E-state index contributed by atoms with van der Waals surface area (Å²) in [6, 6.07) is 7.34. The number of guanidine groups is 1. The van der Waals surface area contributed by atoms with E-state index < -0.39 is 0 Å². The van der Waals surface area contributed by atoms with Crippen molar-refractivity contribution >= 4 is 5.96 Å². The van der Waals surface area contributed by atoms with Gasteiger partial charge in [0, 0.05) is 25.2 Å². The van der Waals surface area contributed by atoms with Crippen LogP contribution in [-0.2, 0) is 6.54 Å². The van der Waals surface area contributed by atoms with Gasteiger partial charge in [-0.25, -0.2) is 4.39 Å². The zero-order valence-corrected chi connectivity index (χ0v) is 11.6. The van der Waals surface area contributed by atoms with Crippen LogP contribution in [0.1, 0.15) is 31.7 Å². The topological polar surface area (TPSA) is 36.4 Å². The molecule has 0 aromatic heterocycles. The van der Waals surface area contributed by atoms with Crippen molar-refractivity contribution in [1.82, 2.24) is 10.6 Å². The quantitative estimate of drug-likeness (QED) is 0.633. The highest BCUT2D eigenvalue weighted by Gasteiger charge is 2.36. The highest BCUT2D eigenvalue weighted by Crippen LogP contribution is 2.34. The molecule has 2 rings (SSSR count). The van der Waals surface area contributed by atoms with Crippen molar-refractivity contribution in [1.29, 1.82) is 0 Å². The van der Waals surface area contributed by atoms with Crippen LogP contribution in [0.3, 0.4) is 0 Å². The molecule has 1 aromatic rings. The number of nitrogens with zero attached hydrogens (tertiary/aromatic N) is 1. The van der Waals surface area contributed by atoms with Crippen LogP contribution in [0.25, 0.3) is 0 Å². The number of rotatable bonds is 5. The molecule has 2 N–H and O–H groups in total. The lowest BCUT2D eigenvalue weighted by atomic mass is 10.2. The second kappa shape index (κ2) is 6.55. The predicted molar refractivity (Wildman–Crippen MR) is 76.5 cm³/mol. The van der Waals surface area contributed by atoms with Crippen molar-refractivity contribution < 1.29 is 4.39 Å². The molecule has 0 heterocycles. The molecule has 0 bridgehead atoms. The molecule has 1 fully saturated rings. The number of halogens is 1. The number of hydrogen-bond donors (Lipinski definition) is 2. The van der Waals surface area contributed by atoms with Gasteiger partial charge in [-0.15, -0.1) is 0 Å². The summed E-state index contributed by atoms with van der Waals surface area (Å²) in [6.07, 6.45) is 3.71. The maximum absolute atomic E-state index is 13.5. The Morgan fingerprint density at radius 1 is 1.42 bits per heavy atom. The summed E-state index contributed by atoms with van der Waals surface area (Å²) in [5.74, 6) is 1.35. The average molecular weight is 263 g/mol. The summed E-state index contributed by atoms with van der Waals surface area (Å²) in [5, 5.41) is 6.54. The van der Waals surface area contributed by atoms with Crippen LogP contribution in [0.2, 0.25) is 0 Å². The van der Waals surface area contributed by atoms with Crippen LogP contribution in [-0.4, -0.2) is 19.0 Å². The van der Waals surface area contributed by atoms with Gasteiger partial charge in [0.25, 0.3) is 0 Å². The second-order valence-electron chi connectivity index (χ2n) is 5.05. The first-order valence-electron chi connectivity index (χ1n) is 6.95. The fraction of sp³-hybridized carbons (Fsp3) is 0.533. The summed E-state index contributed by atoms with van der Waals surface area (Å²) in [4.78, 5) is 4.18. The molecule has 2 atom stereocenters. The summed E-state index contributed by atoms with van der Waals surface area (Å²) in [5.41, 5.74) is 0.659. The molecule has 0 radical (unpaired) electrons. The fourth-order valence-electron chi connectivity index (χ4n) is 2.31. The van der Waals surface area contributed by atoms with Crippen LogP contribution >= 0.6 is 0 Å². The molecule has 104 valence electrons. The molecule has 2 unspecified atom stereocenters. The molecule has 0 amide bonds. The molecule has 1 aliphatic rings. The van der Waals surface area contributed by atoms with Gasteiger partial charge in [0.1, 0.15) is 5.82 Å². The molecule has 1 aliphatic carbocycles. The first-order chi connectivity index (χ1) is 9.24. The molecule has 0 aliphatic heterocycles. The van der Waals surface area contributed by atoms with E-state index >= 15 is 0 Å². The van der Waals surface area contributed by atoms with Crippen LogP contribution < -0.4 is 10.6 Å². The minimum absolute atomic E-state index is 0.180. The standard InChI is InChI=1S/C15H22FN3/c1-3-6-11-9-14(11)19-15(17-2)18-10-12-7-4-5-8-13(12)16/h4-5,7-8,11,14H,3,6,9-10H2,1-2H3,(H2,17,18,19). The Balaban J connectivity index is 1.79. The zero-order valence-electron chi connectivity index (χ0n) is 11.6. The number of aliphatic imine (C=N–C) groups is 1. The number of hydrogen-bond acceptors (Lipinski definition) is 1. The van der Waals surface area contributed by atoms with E-state index in [-0.39, 0.29) is 5.82 Å². The second-order valence-corrected chi connectivity index (χ2v) is 5.05. The largest absolute Gasteiger partial charge is 0.353 e. The zero-order chi connectivity index (χ0) is 13.7. The first kappa shape index (κ1) is 13.8. The van der Waals surface area contributed by atoms with Gasteiger partial charge in [0.15, 0.2) is 5.96 Å². The average Bonchev–Trinajstić information content (AvgIpc) is 3.14. The van der Waals surface area contributed by atoms with Crippen molar-refractivity contribution in [3.63, 3.8) is 0 Å². The smallest absolute Gasteiger partial charge is 0.191 e. The van der Waals surface area contributed by atoms with Gasteiger partial charge < -0.3 is 10.6 Å². The van der Waals surface area contributed by atoms with E-state index in [0.29, 0.717) is 18.2 Å².